The van der Waals surface area contributed by atoms with E-state index in [2.05, 4.69) is 20.2 Å². The first kappa shape index (κ1) is 13.7. The SMILES string of the molecule is O=C(C=C(O)c1nc[nH]n1)c1cccn1Cc1ccncc1. The van der Waals surface area contributed by atoms with Crippen LogP contribution in [0.15, 0.2) is 55.3 Å². The summed E-state index contributed by atoms with van der Waals surface area (Å²) in [6, 6.07) is 7.25. The Morgan fingerprint density at radius 1 is 1.32 bits per heavy atom. The molecule has 0 amide bonds. The molecule has 7 heteroatoms. The summed E-state index contributed by atoms with van der Waals surface area (Å²) >= 11 is 0. The van der Waals surface area contributed by atoms with Crippen LogP contribution in [0.5, 0.6) is 0 Å². The van der Waals surface area contributed by atoms with E-state index in [0.717, 1.165) is 11.6 Å². The number of hydrogen-bond donors (Lipinski definition) is 2. The van der Waals surface area contributed by atoms with E-state index in [9.17, 15) is 9.90 Å². The third-order valence-electron chi connectivity index (χ3n) is 3.10. The zero-order valence-corrected chi connectivity index (χ0v) is 11.5. The van der Waals surface area contributed by atoms with E-state index in [-0.39, 0.29) is 17.4 Å². The lowest BCUT2D eigenvalue weighted by atomic mass is 10.2. The van der Waals surface area contributed by atoms with Crippen LogP contribution in [0.1, 0.15) is 21.9 Å². The van der Waals surface area contributed by atoms with Gasteiger partial charge < -0.3 is 9.67 Å². The monoisotopic (exact) mass is 295 g/mol. The molecular formula is C15H13N5O2. The number of carbonyl (C=O) groups is 1. The molecule has 0 aromatic carbocycles. The molecular weight excluding hydrogens is 282 g/mol. The Morgan fingerprint density at radius 2 is 2.14 bits per heavy atom. The number of aromatic nitrogens is 5. The van der Waals surface area contributed by atoms with Crippen molar-refractivity contribution in [1.82, 2.24) is 24.7 Å². The van der Waals surface area contributed by atoms with Gasteiger partial charge >= 0.3 is 0 Å². The summed E-state index contributed by atoms with van der Waals surface area (Å²) in [4.78, 5) is 20.0. The van der Waals surface area contributed by atoms with Gasteiger partial charge in [-0.15, -0.1) is 0 Å². The first-order valence-corrected chi connectivity index (χ1v) is 6.59. The van der Waals surface area contributed by atoms with Gasteiger partial charge in [-0.1, -0.05) is 0 Å². The molecule has 0 radical (unpaired) electrons. The number of nitrogens with zero attached hydrogens (tertiary/aromatic N) is 4. The van der Waals surface area contributed by atoms with Gasteiger partial charge in [-0.25, -0.2) is 4.98 Å². The van der Waals surface area contributed by atoms with Crippen molar-refractivity contribution in [1.29, 1.82) is 0 Å². The Kier molecular flexibility index (Phi) is 3.78. The van der Waals surface area contributed by atoms with Crippen molar-refractivity contribution >= 4 is 11.5 Å². The van der Waals surface area contributed by atoms with E-state index in [1.54, 1.807) is 29.1 Å². The molecule has 3 aromatic heterocycles. The zero-order chi connectivity index (χ0) is 15.4. The average molecular weight is 295 g/mol. The van der Waals surface area contributed by atoms with Crippen molar-refractivity contribution in [2.75, 3.05) is 0 Å². The van der Waals surface area contributed by atoms with Crippen LogP contribution in [0.4, 0.5) is 0 Å². The van der Waals surface area contributed by atoms with Crippen LogP contribution < -0.4 is 0 Å². The van der Waals surface area contributed by atoms with Crippen molar-refractivity contribution in [3.63, 3.8) is 0 Å². The third kappa shape index (κ3) is 2.93. The molecule has 3 heterocycles. The maximum Gasteiger partial charge on any atom is 0.215 e. The van der Waals surface area contributed by atoms with Crippen LogP contribution in [0.3, 0.4) is 0 Å². The highest BCUT2D eigenvalue weighted by Crippen LogP contribution is 2.11. The summed E-state index contributed by atoms with van der Waals surface area (Å²) in [6.45, 7) is 0.547. The number of hydrogen-bond acceptors (Lipinski definition) is 5. The summed E-state index contributed by atoms with van der Waals surface area (Å²) in [7, 11) is 0. The van der Waals surface area contributed by atoms with Gasteiger partial charge in [0, 0.05) is 31.2 Å². The highest BCUT2D eigenvalue weighted by molar-refractivity contribution is 6.06. The average Bonchev–Trinajstić information content (AvgIpc) is 3.19. The minimum Gasteiger partial charge on any atom is -0.504 e. The molecule has 0 spiro atoms. The van der Waals surface area contributed by atoms with Crippen molar-refractivity contribution in [3.05, 3.63) is 72.3 Å². The van der Waals surface area contributed by atoms with Crippen LogP contribution in [0.2, 0.25) is 0 Å². The molecule has 0 aliphatic heterocycles. The molecule has 0 aliphatic carbocycles. The summed E-state index contributed by atoms with van der Waals surface area (Å²) < 4.78 is 1.80. The fraction of sp³-hybridized carbons (Fsp3) is 0.0667. The van der Waals surface area contributed by atoms with Gasteiger partial charge in [-0.05, 0) is 29.8 Å². The van der Waals surface area contributed by atoms with Gasteiger partial charge in [0.2, 0.25) is 11.6 Å². The largest absolute Gasteiger partial charge is 0.504 e. The quantitative estimate of drug-likeness (QED) is 0.425. The fourth-order valence-electron chi connectivity index (χ4n) is 2.06. The molecule has 2 N–H and O–H groups in total. The molecule has 0 saturated carbocycles. The summed E-state index contributed by atoms with van der Waals surface area (Å²) in [5.74, 6) is -0.509. The second kappa shape index (κ2) is 6.04. The number of carbonyl (C=O) groups excluding carboxylic acids is 1. The van der Waals surface area contributed by atoms with Crippen LogP contribution in [-0.4, -0.2) is 35.6 Å². The van der Waals surface area contributed by atoms with Crippen molar-refractivity contribution in [2.45, 2.75) is 6.54 Å². The number of rotatable bonds is 5. The maximum absolute atomic E-state index is 12.3. The highest BCUT2D eigenvalue weighted by Gasteiger charge is 2.12. The number of aliphatic hydroxyl groups excluding tert-OH is 1. The maximum atomic E-state index is 12.3. The second-order valence-corrected chi connectivity index (χ2v) is 4.59. The van der Waals surface area contributed by atoms with Gasteiger partial charge in [0.25, 0.3) is 0 Å². The van der Waals surface area contributed by atoms with Gasteiger partial charge in [0.05, 0.1) is 5.69 Å². The molecule has 0 fully saturated rings. The Bertz CT molecular complexity index is 790. The lowest BCUT2D eigenvalue weighted by Gasteiger charge is -2.07. The van der Waals surface area contributed by atoms with Gasteiger partial charge in [-0.3, -0.25) is 14.9 Å². The highest BCUT2D eigenvalue weighted by atomic mass is 16.3. The summed E-state index contributed by atoms with van der Waals surface area (Å²) in [5.41, 5.74) is 1.50. The van der Waals surface area contributed by atoms with Crippen LogP contribution >= 0.6 is 0 Å². The van der Waals surface area contributed by atoms with E-state index >= 15 is 0 Å². The molecule has 0 atom stereocenters. The number of allylic oxidation sites excluding steroid dienone is 1. The minimum atomic E-state index is -0.318. The molecule has 0 aliphatic rings. The van der Waals surface area contributed by atoms with Crippen molar-refractivity contribution < 1.29 is 9.90 Å². The van der Waals surface area contributed by atoms with Gasteiger partial charge in [0.1, 0.15) is 6.33 Å². The molecule has 3 rings (SSSR count). The summed E-state index contributed by atoms with van der Waals surface area (Å²) in [6.07, 6.45) is 7.66. The lowest BCUT2D eigenvalue weighted by molar-refractivity contribution is 0.103. The van der Waals surface area contributed by atoms with Crippen LogP contribution in [0.25, 0.3) is 5.76 Å². The van der Waals surface area contributed by atoms with Crippen molar-refractivity contribution in [2.24, 2.45) is 0 Å². The molecule has 0 unspecified atom stereocenters. The fourth-order valence-corrected chi connectivity index (χ4v) is 2.06. The second-order valence-electron chi connectivity index (χ2n) is 4.59. The Balaban J connectivity index is 1.82. The molecule has 3 aromatic rings. The summed E-state index contributed by atoms with van der Waals surface area (Å²) in [5, 5.41) is 16.0. The number of nitrogens with one attached hydrogen (secondary N) is 1. The van der Waals surface area contributed by atoms with E-state index in [1.807, 2.05) is 18.3 Å². The number of ketones is 1. The lowest BCUT2D eigenvalue weighted by Crippen LogP contribution is -2.08. The topological polar surface area (TPSA) is 96.7 Å². The number of aromatic amines is 1. The van der Waals surface area contributed by atoms with Crippen LogP contribution in [0, 0.1) is 0 Å². The van der Waals surface area contributed by atoms with Gasteiger partial charge in [-0.2, -0.15) is 5.10 Å². The number of pyridine rings is 1. The van der Waals surface area contributed by atoms with E-state index in [0.29, 0.717) is 12.2 Å². The number of aliphatic hydroxyl groups is 1. The smallest absolute Gasteiger partial charge is 0.215 e. The number of H-pyrrole nitrogens is 1. The minimum absolute atomic E-state index is 0.0839. The molecule has 22 heavy (non-hydrogen) atoms. The van der Waals surface area contributed by atoms with Crippen molar-refractivity contribution in [3.8, 4) is 0 Å². The molecule has 110 valence electrons. The van der Waals surface area contributed by atoms with E-state index in [1.165, 1.54) is 6.33 Å². The first-order valence-electron chi connectivity index (χ1n) is 6.59. The normalized spacial score (nSPS) is 11.5. The van der Waals surface area contributed by atoms with E-state index < -0.39 is 0 Å². The third-order valence-corrected chi connectivity index (χ3v) is 3.10. The molecule has 7 nitrogen and oxygen atoms in total. The Morgan fingerprint density at radius 3 is 2.86 bits per heavy atom. The first-order chi connectivity index (χ1) is 10.7. The Labute approximate surface area is 126 Å². The van der Waals surface area contributed by atoms with E-state index in [4.69, 9.17) is 0 Å². The predicted octanol–water partition coefficient (Wildman–Crippen LogP) is 1.83. The Hall–Kier alpha value is -3.22. The zero-order valence-electron chi connectivity index (χ0n) is 11.5. The molecule has 0 bridgehead atoms. The van der Waals surface area contributed by atoms with Gasteiger partial charge in [0.15, 0.2) is 5.76 Å². The standard InChI is InChI=1S/C15H13N5O2/c21-13(8-14(22)15-17-10-18-19-15)12-2-1-7-20(12)9-11-3-5-16-6-4-11/h1-8,10,22H,9H2,(H,17,18,19). The molecule has 0 saturated heterocycles. The predicted molar refractivity (Wildman–Crippen MR) is 79.1 cm³/mol. The van der Waals surface area contributed by atoms with Crippen LogP contribution in [-0.2, 0) is 6.54 Å².